The van der Waals surface area contributed by atoms with Crippen molar-refractivity contribution in [3.63, 3.8) is 0 Å². The molecule has 17 heteroatoms. The van der Waals surface area contributed by atoms with Crippen molar-refractivity contribution in [1.82, 2.24) is 41.7 Å². The van der Waals surface area contributed by atoms with Crippen LogP contribution < -0.4 is 31.9 Å². The molecule has 2 aliphatic heterocycles. The predicted octanol–water partition coefficient (Wildman–Crippen LogP) is 4.57. The van der Waals surface area contributed by atoms with Crippen LogP contribution in [0.3, 0.4) is 0 Å². The van der Waals surface area contributed by atoms with Crippen LogP contribution in [0.25, 0.3) is 0 Å². The summed E-state index contributed by atoms with van der Waals surface area (Å²) in [6.07, 6.45) is 2.98. The summed E-state index contributed by atoms with van der Waals surface area (Å²) in [5.74, 6) is -2.93. The lowest BCUT2D eigenvalue weighted by atomic mass is 9.85. The largest absolute Gasteiger partial charge is 0.396 e. The maximum Gasteiger partial charge on any atom is 0.247 e. The van der Waals surface area contributed by atoms with Gasteiger partial charge >= 0.3 is 0 Å². The molecule has 1 fully saturated rings. The second kappa shape index (κ2) is 23.5. The Hall–Kier alpha value is -5.36. The summed E-state index contributed by atoms with van der Waals surface area (Å²) < 4.78 is 14.0. The lowest BCUT2D eigenvalue weighted by Gasteiger charge is -2.42. The highest BCUT2D eigenvalue weighted by molar-refractivity contribution is 8.00. The van der Waals surface area contributed by atoms with Crippen molar-refractivity contribution in [2.45, 2.75) is 153 Å². The number of carbonyl (C=O) groups is 6. The first-order chi connectivity index (χ1) is 33.6. The number of fused-ring (bicyclic) bond motifs is 2. The van der Waals surface area contributed by atoms with Crippen molar-refractivity contribution < 1.29 is 38.3 Å². The maximum absolute atomic E-state index is 15.2. The monoisotopic (exact) mass is 999 g/mol. The SMILES string of the molecule is CN[C@@H](C)C(=O)N[C@H](C(=O)N1C[C@@H](c2ccc3c(c2)CN(C(=O)[C@@H](NC(=O)[C@H](C)NC)C(C)(C)SCCO)[C@H](C(=O)N[C@H](C)c2ccccc2F)C3)C[C@H]1C(=O)N[C@@H]1CCCc2ccccc21)C(C)(C)C. The number of aliphatic hydroxyl groups excluding tert-OH is 1. The van der Waals surface area contributed by atoms with E-state index in [0.29, 0.717) is 0 Å². The molecule has 3 aliphatic rings. The van der Waals surface area contributed by atoms with Crippen molar-refractivity contribution in [3.05, 3.63) is 106 Å². The first kappa shape index (κ1) is 55.0. The Labute approximate surface area is 423 Å². The zero-order chi connectivity index (χ0) is 51.9. The van der Waals surface area contributed by atoms with E-state index < -0.39 is 76.0 Å². The number of nitrogens with one attached hydrogen (secondary N) is 6. The van der Waals surface area contributed by atoms with Gasteiger partial charge in [-0.2, -0.15) is 11.8 Å². The minimum Gasteiger partial charge on any atom is -0.396 e. The van der Waals surface area contributed by atoms with Gasteiger partial charge in [-0.25, -0.2) is 4.39 Å². The molecule has 386 valence electrons. The second-order valence-corrected chi connectivity index (χ2v) is 22.8. The number of hydrogen-bond acceptors (Lipinski definition) is 10. The summed E-state index contributed by atoms with van der Waals surface area (Å²) >= 11 is 1.32. The average molecular weight is 999 g/mol. The van der Waals surface area contributed by atoms with E-state index in [-0.39, 0.29) is 73.5 Å². The minimum atomic E-state index is -1.14. The van der Waals surface area contributed by atoms with Gasteiger partial charge in [-0.15, -0.1) is 0 Å². The smallest absolute Gasteiger partial charge is 0.247 e. The van der Waals surface area contributed by atoms with Gasteiger partial charge in [-0.05, 0) is 114 Å². The van der Waals surface area contributed by atoms with E-state index in [4.69, 9.17) is 0 Å². The van der Waals surface area contributed by atoms with Gasteiger partial charge in [0.2, 0.25) is 35.4 Å². The Morgan fingerprint density at radius 1 is 0.761 bits per heavy atom. The number of amides is 6. The fraction of sp³-hybridized carbons (Fsp3) is 0.556. The number of likely N-dealkylation sites (tertiary alicyclic amines) is 1. The molecule has 6 rings (SSSR count). The van der Waals surface area contributed by atoms with Gasteiger partial charge in [-0.1, -0.05) is 81.4 Å². The maximum atomic E-state index is 15.2. The number of thioether (sulfide) groups is 1. The van der Waals surface area contributed by atoms with Crippen molar-refractivity contribution >= 4 is 47.2 Å². The van der Waals surface area contributed by atoms with E-state index >= 15 is 4.79 Å². The Bertz CT molecular complexity index is 2430. The number of carbonyl (C=O) groups excluding carboxylic acids is 6. The summed E-state index contributed by atoms with van der Waals surface area (Å²) in [6, 6.07) is 13.9. The van der Waals surface area contributed by atoms with E-state index in [9.17, 15) is 33.5 Å². The molecule has 0 saturated carbocycles. The Morgan fingerprint density at radius 3 is 2.04 bits per heavy atom. The molecule has 3 aromatic carbocycles. The average Bonchev–Trinajstić information content (AvgIpc) is 3.81. The molecule has 3 aromatic rings. The summed E-state index contributed by atoms with van der Waals surface area (Å²) in [5, 5.41) is 27.9. The van der Waals surface area contributed by atoms with Crippen molar-refractivity contribution in [3.8, 4) is 0 Å². The molecule has 71 heavy (non-hydrogen) atoms. The predicted molar refractivity (Wildman–Crippen MR) is 275 cm³/mol. The third kappa shape index (κ3) is 12.8. The van der Waals surface area contributed by atoms with Crippen LogP contribution in [-0.4, -0.2) is 124 Å². The zero-order valence-corrected chi connectivity index (χ0v) is 43.8. The van der Waals surface area contributed by atoms with E-state index in [2.05, 4.69) is 38.0 Å². The minimum absolute atomic E-state index is 0.0228. The Balaban J connectivity index is 1.37. The molecule has 0 unspecified atom stereocenters. The van der Waals surface area contributed by atoms with Crippen LogP contribution in [-0.2, 0) is 48.2 Å². The number of aryl methyl sites for hydroxylation is 1. The molecule has 9 atom stereocenters. The van der Waals surface area contributed by atoms with Gasteiger partial charge in [0.05, 0.1) is 30.8 Å². The highest BCUT2D eigenvalue weighted by Gasteiger charge is 2.48. The van der Waals surface area contributed by atoms with Crippen LogP contribution >= 0.6 is 11.8 Å². The summed E-state index contributed by atoms with van der Waals surface area (Å²) in [4.78, 5) is 89.4. The van der Waals surface area contributed by atoms with Crippen molar-refractivity contribution in [2.24, 2.45) is 5.41 Å². The van der Waals surface area contributed by atoms with Crippen LogP contribution in [0.1, 0.15) is 126 Å². The molecular weight excluding hydrogens is 924 g/mol. The molecule has 0 bridgehead atoms. The quantitative estimate of drug-likeness (QED) is 0.0948. The molecule has 6 amide bonds. The fourth-order valence-electron chi connectivity index (χ4n) is 9.98. The lowest BCUT2D eigenvalue weighted by Crippen LogP contribution is -2.63. The topological polar surface area (TPSA) is 201 Å². The van der Waals surface area contributed by atoms with Crippen molar-refractivity contribution in [1.29, 1.82) is 0 Å². The Morgan fingerprint density at radius 2 is 1.39 bits per heavy atom. The van der Waals surface area contributed by atoms with E-state index in [1.54, 1.807) is 58.0 Å². The number of aliphatic hydroxyl groups is 1. The number of halogens is 1. The fourth-order valence-corrected chi connectivity index (χ4v) is 10.9. The molecule has 15 nitrogen and oxygen atoms in total. The van der Waals surface area contributed by atoms with Gasteiger partial charge < -0.3 is 46.8 Å². The molecule has 1 saturated heterocycles. The third-order valence-electron chi connectivity index (χ3n) is 14.6. The summed E-state index contributed by atoms with van der Waals surface area (Å²) in [7, 11) is 3.31. The molecule has 1 aliphatic carbocycles. The van der Waals surface area contributed by atoms with E-state index in [1.807, 2.05) is 71.0 Å². The van der Waals surface area contributed by atoms with Gasteiger partial charge in [0.25, 0.3) is 0 Å². The van der Waals surface area contributed by atoms with E-state index in [1.165, 1.54) is 28.3 Å². The molecule has 0 radical (unpaired) electrons. The summed E-state index contributed by atoms with van der Waals surface area (Å²) in [5.41, 5.74) is 4.21. The highest BCUT2D eigenvalue weighted by Crippen LogP contribution is 2.39. The number of rotatable bonds is 18. The van der Waals surface area contributed by atoms with Gasteiger partial charge in [0.1, 0.15) is 30.0 Å². The molecule has 2 heterocycles. The highest BCUT2D eigenvalue weighted by atomic mass is 32.2. The van der Waals surface area contributed by atoms with Gasteiger partial charge in [-0.3, -0.25) is 28.8 Å². The molecule has 0 aromatic heterocycles. The zero-order valence-electron chi connectivity index (χ0n) is 43.0. The number of benzene rings is 3. The normalized spacial score (nSPS) is 21.1. The number of nitrogens with zero attached hydrogens (tertiary/aromatic N) is 2. The van der Waals surface area contributed by atoms with Crippen LogP contribution in [0.2, 0.25) is 0 Å². The number of hydrogen-bond donors (Lipinski definition) is 7. The standard InChI is InChI=1S/C54H75FN8O7S/c1-31(39-18-13-14-20-41(39)55)58-49(67)43-27-36-23-22-35(26-37(36)29-63(43)52(70)46(54(7,8)71-25-24-64)61-48(66)33(3)57-10)38-28-44(50(68)59-42-21-15-17-34-16-11-12-19-40(34)42)62(30-38)51(69)45(53(4,5)6)60-47(65)32(2)56-9/h11-14,16,18-20,22-23,26,31-33,38,42-46,56-57,64H,15,17,21,24-25,27-30H2,1-10H3,(H,58,67)(H,59,68)(H,60,65)(H,61,66)/t31-,32+,33+,38+,42-,43+,44+,45-,46-/m1/s1. The summed E-state index contributed by atoms with van der Waals surface area (Å²) in [6.45, 7) is 14.4. The van der Waals surface area contributed by atoms with Crippen LogP contribution in [0.15, 0.2) is 66.7 Å². The Kier molecular flexibility index (Phi) is 18.2. The van der Waals surface area contributed by atoms with E-state index in [0.717, 1.165) is 41.5 Å². The molecule has 0 spiro atoms. The van der Waals surface area contributed by atoms with Crippen molar-refractivity contribution in [2.75, 3.05) is 33.0 Å². The number of likely N-dealkylation sites (N-methyl/N-ethyl adjacent to an activating group) is 2. The first-order valence-corrected chi connectivity index (χ1v) is 25.9. The second-order valence-electron chi connectivity index (χ2n) is 21.0. The van der Waals surface area contributed by atoms with Gasteiger partial charge in [0, 0.05) is 41.5 Å². The molecular formula is C54H75FN8O7S. The molecule has 7 N–H and O–H groups in total. The van der Waals surface area contributed by atoms with Gasteiger partial charge in [0.15, 0.2) is 0 Å². The first-order valence-electron chi connectivity index (χ1n) is 25.0. The van der Waals surface area contributed by atoms with Crippen LogP contribution in [0, 0.1) is 11.2 Å². The third-order valence-corrected chi connectivity index (χ3v) is 15.9. The van der Waals surface area contributed by atoms with Crippen LogP contribution in [0.5, 0.6) is 0 Å². The van der Waals surface area contributed by atoms with Crippen LogP contribution in [0.4, 0.5) is 4.39 Å². The lowest BCUT2D eigenvalue weighted by molar-refractivity contribution is -0.145.